The summed E-state index contributed by atoms with van der Waals surface area (Å²) in [5.74, 6) is 0.513. The molecule has 0 aromatic heterocycles. The highest BCUT2D eigenvalue weighted by Gasteiger charge is 2.05. The molecule has 0 atom stereocenters. The number of rotatable bonds is 2. The Morgan fingerprint density at radius 2 is 2.00 bits per heavy atom. The highest BCUT2D eigenvalue weighted by molar-refractivity contribution is 6.34. The lowest BCUT2D eigenvalue weighted by atomic mass is 10.2. The molecule has 0 unspecified atom stereocenters. The zero-order chi connectivity index (χ0) is 9.14. The molecule has 4 heteroatoms. The first-order valence-corrected chi connectivity index (χ1v) is 4.07. The van der Waals surface area contributed by atoms with E-state index in [1.807, 2.05) is 0 Å². The van der Waals surface area contributed by atoms with Crippen LogP contribution in [-0.4, -0.2) is 12.2 Å². The van der Waals surface area contributed by atoms with E-state index in [9.17, 15) is 0 Å². The third-order valence-electron chi connectivity index (χ3n) is 1.49. The van der Waals surface area contributed by atoms with Gasteiger partial charge in [0.15, 0.2) is 0 Å². The zero-order valence-electron chi connectivity index (χ0n) is 6.47. The van der Waals surface area contributed by atoms with E-state index in [4.69, 9.17) is 33.0 Å². The average Bonchev–Trinajstić information content (AvgIpc) is 2.08. The molecule has 0 bridgehead atoms. The maximum Gasteiger partial charge on any atom is 0.138 e. The van der Waals surface area contributed by atoms with Gasteiger partial charge in [0.25, 0.3) is 0 Å². The Hall–Kier alpha value is -0.440. The number of methoxy groups -OCH3 is 1. The van der Waals surface area contributed by atoms with Crippen LogP contribution in [0.25, 0.3) is 0 Å². The summed E-state index contributed by atoms with van der Waals surface area (Å²) >= 11 is 11.6. The molecule has 0 fully saturated rings. The zero-order valence-corrected chi connectivity index (χ0v) is 7.99. The molecule has 2 nitrogen and oxygen atoms in total. The molecule has 1 N–H and O–H groups in total. The minimum Gasteiger partial charge on any atom is -0.495 e. The molecule has 0 heterocycles. The van der Waals surface area contributed by atoms with Crippen LogP contribution in [0.2, 0.25) is 10.0 Å². The maximum atomic E-state index is 8.82. The van der Waals surface area contributed by atoms with Crippen molar-refractivity contribution < 1.29 is 9.84 Å². The van der Waals surface area contributed by atoms with Gasteiger partial charge in [0.05, 0.1) is 18.7 Å². The lowest BCUT2D eigenvalue weighted by molar-refractivity contribution is 0.281. The minimum atomic E-state index is -0.122. The second-order valence-electron chi connectivity index (χ2n) is 2.24. The van der Waals surface area contributed by atoms with Gasteiger partial charge >= 0.3 is 0 Å². The molecule has 0 aliphatic rings. The summed E-state index contributed by atoms with van der Waals surface area (Å²) in [6.45, 7) is -0.122. The van der Waals surface area contributed by atoms with Crippen molar-refractivity contribution in [1.82, 2.24) is 0 Å². The van der Waals surface area contributed by atoms with E-state index in [2.05, 4.69) is 0 Å². The Morgan fingerprint density at radius 3 is 2.50 bits per heavy atom. The maximum absolute atomic E-state index is 8.82. The van der Waals surface area contributed by atoms with E-state index < -0.39 is 0 Å². The first-order chi connectivity index (χ1) is 5.69. The first kappa shape index (κ1) is 9.65. The quantitative estimate of drug-likeness (QED) is 0.807. The molecule has 0 aliphatic heterocycles. The number of aliphatic hydroxyl groups is 1. The fourth-order valence-corrected chi connectivity index (χ4v) is 1.32. The lowest BCUT2D eigenvalue weighted by Crippen LogP contribution is -1.89. The number of hydrogen-bond donors (Lipinski definition) is 1. The van der Waals surface area contributed by atoms with Crippen molar-refractivity contribution in [2.75, 3.05) is 7.11 Å². The molecule has 1 aromatic carbocycles. The van der Waals surface area contributed by atoms with E-state index >= 15 is 0 Å². The van der Waals surface area contributed by atoms with Gasteiger partial charge in [-0.25, -0.2) is 0 Å². The molecule has 0 spiro atoms. The summed E-state index contributed by atoms with van der Waals surface area (Å²) < 4.78 is 4.93. The van der Waals surface area contributed by atoms with Crippen LogP contribution >= 0.6 is 23.2 Å². The van der Waals surface area contributed by atoms with Gasteiger partial charge in [0.1, 0.15) is 5.75 Å². The van der Waals surface area contributed by atoms with E-state index in [1.54, 1.807) is 12.1 Å². The van der Waals surface area contributed by atoms with Gasteiger partial charge in [-0.05, 0) is 11.6 Å². The first-order valence-electron chi connectivity index (χ1n) is 3.31. The molecule has 0 amide bonds. The smallest absolute Gasteiger partial charge is 0.138 e. The fraction of sp³-hybridized carbons (Fsp3) is 0.250. The monoisotopic (exact) mass is 206 g/mol. The van der Waals surface area contributed by atoms with E-state index in [1.165, 1.54) is 7.11 Å². The van der Waals surface area contributed by atoms with Crippen molar-refractivity contribution in [2.45, 2.75) is 6.61 Å². The highest BCUT2D eigenvalue weighted by atomic mass is 35.5. The predicted octanol–water partition coefficient (Wildman–Crippen LogP) is 2.49. The summed E-state index contributed by atoms with van der Waals surface area (Å²) in [5, 5.41) is 9.73. The van der Waals surface area contributed by atoms with Gasteiger partial charge in [-0.3, -0.25) is 0 Å². The number of hydrogen-bond acceptors (Lipinski definition) is 2. The summed E-state index contributed by atoms with van der Waals surface area (Å²) in [5.41, 5.74) is 0.600. The minimum absolute atomic E-state index is 0.122. The molecule has 66 valence electrons. The van der Waals surface area contributed by atoms with E-state index in [-0.39, 0.29) is 6.61 Å². The highest BCUT2D eigenvalue weighted by Crippen LogP contribution is 2.30. The molecule has 12 heavy (non-hydrogen) atoms. The number of aliphatic hydroxyl groups excluding tert-OH is 1. The number of benzene rings is 1. The lowest BCUT2D eigenvalue weighted by Gasteiger charge is -2.06. The van der Waals surface area contributed by atoms with Crippen LogP contribution in [0.4, 0.5) is 0 Å². The van der Waals surface area contributed by atoms with Crippen LogP contribution in [-0.2, 0) is 6.61 Å². The Kier molecular flexibility index (Phi) is 3.20. The molecule has 1 aromatic rings. The summed E-state index contributed by atoms with van der Waals surface area (Å²) in [6, 6.07) is 3.16. The van der Waals surface area contributed by atoms with Crippen molar-refractivity contribution in [2.24, 2.45) is 0 Å². The van der Waals surface area contributed by atoms with Crippen LogP contribution in [0.15, 0.2) is 12.1 Å². The molecule has 0 saturated carbocycles. The van der Waals surface area contributed by atoms with Gasteiger partial charge in [-0.15, -0.1) is 0 Å². The van der Waals surface area contributed by atoms with Crippen molar-refractivity contribution in [3.05, 3.63) is 27.7 Å². The van der Waals surface area contributed by atoms with Crippen LogP contribution in [0.5, 0.6) is 5.75 Å². The van der Waals surface area contributed by atoms with E-state index in [0.29, 0.717) is 21.4 Å². The summed E-state index contributed by atoms with van der Waals surface area (Å²) in [4.78, 5) is 0. The predicted molar refractivity (Wildman–Crippen MR) is 48.9 cm³/mol. The second-order valence-corrected chi connectivity index (χ2v) is 3.05. The fourth-order valence-electron chi connectivity index (χ4n) is 0.847. The van der Waals surface area contributed by atoms with Crippen molar-refractivity contribution >= 4 is 23.2 Å². The molecule has 1 rings (SSSR count). The van der Waals surface area contributed by atoms with E-state index in [0.717, 1.165) is 0 Å². The second kappa shape index (κ2) is 3.99. The van der Waals surface area contributed by atoms with Crippen LogP contribution in [0, 0.1) is 0 Å². The number of ether oxygens (including phenoxy) is 1. The normalized spacial score (nSPS) is 10.0. The summed E-state index contributed by atoms with van der Waals surface area (Å²) in [6.07, 6.45) is 0. The molecule has 0 radical (unpaired) electrons. The van der Waals surface area contributed by atoms with Gasteiger partial charge in [0, 0.05) is 11.1 Å². The SMILES string of the molecule is COc1cc(Cl)c(CO)cc1Cl. The average molecular weight is 207 g/mol. The standard InChI is InChI=1S/C8H8Cl2O2/c1-12-8-3-6(9)5(4-11)2-7(8)10/h2-3,11H,4H2,1H3. The summed E-state index contributed by atoms with van der Waals surface area (Å²) in [7, 11) is 1.51. The van der Waals surface area contributed by atoms with Crippen molar-refractivity contribution in [3.63, 3.8) is 0 Å². The third kappa shape index (κ3) is 1.83. The molecular weight excluding hydrogens is 199 g/mol. The van der Waals surface area contributed by atoms with Crippen molar-refractivity contribution in [1.29, 1.82) is 0 Å². The Labute approximate surface area is 80.7 Å². The van der Waals surface area contributed by atoms with Gasteiger partial charge < -0.3 is 9.84 Å². The van der Waals surface area contributed by atoms with Gasteiger partial charge in [0.2, 0.25) is 0 Å². The molecule has 0 saturated heterocycles. The topological polar surface area (TPSA) is 29.5 Å². The van der Waals surface area contributed by atoms with Gasteiger partial charge in [-0.1, -0.05) is 23.2 Å². The van der Waals surface area contributed by atoms with Crippen molar-refractivity contribution in [3.8, 4) is 5.75 Å². The largest absolute Gasteiger partial charge is 0.495 e. The molecular formula is C8H8Cl2O2. The molecule has 0 aliphatic carbocycles. The Balaban J connectivity index is 3.16. The van der Waals surface area contributed by atoms with Crippen LogP contribution < -0.4 is 4.74 Å². The Bertz CT molecular complexity index is 257. The number of halogens is 2. The van der Waals surface area contributed by atoms with Gasteiger partial charge in [-0.2, -0.15) is 0 Å². The Morgan fingerprint density at radius 1 is 1.33 bits per heavy atom. The van der Waals surface area contributed by atoms with Crippen LogP contribution in [0.3, 0.4) is 0 Å². The third-order valence-corrected chi connectivity index (χ3v) is 2.14. The van der Waals surface area contributed by atoms with Crippen LogP contribution in [0.1, 0.15) is 5.56 Å².